The Bertz CT molecular complexity index is 1520. The van der Waals surface area contributed by atoms with Crippen molar-refractivity contribution in [1.29, 1.82) is 0 Å². The molecule has 0 amide bonds. The molecule has 0 unspecified atom stereocenters. The Labute approximate surface area is 333 Å². The highest BCUT2D eigenvalue weighted by Crippen LogP contribution is 2.32. The number of nitrogens with zero attached hydrogens (tertiary/aromatic N) is 4. The van der Waals surface area contributed by atoms with E-state index in [0.717, 1.165) is 46.5 Å². The van der Waals surface area contributed by atoms with Gasteiger partial charge in [0.25, 0.3) is 0 Å². The molecule has 0 spiro atoms. The van der Waals surface area contributed by atoms with Gasteiger partial charge in [-0.1, -0.05) is 96.9 Å². The van der Waals surface area contributed by atoms with Crippen LogP contribution in [0.4, 0.5) is 20.5 Å². The maximum atomic E-state index is 4.38. The van der Waals surface area contributed by atoms with Crippen LogP contribution in [0.5, 0.6) is 0 Å². The molecule has 4 rings (SSSR count). The minimum Gasteiger partial charge on any atom is -0.362 e. The number of anilines is 4. The second-order valence-electron chi connectivity index (χ2n) is 17.3. The lowest BCUT2D eigenvalue weighted by atomic mass is 9.96. The molecule has 0 aliphatic carbocycles. The molecule has 12 heteroatoms. The quantitative estimate of drug-likeness (QED) is 0.126. The molecule has 0 radical (unpaired) electrons. The zero-order valence-electron chi connectivity index (χ0n) is 35.7. The van der Waals surface area contributed by atoms with Gasteiger partial charge in [0, 0.05) is 69.5 Å². The number of hydrogen-bond acceptors (Lipinski definition) is 12. The fourth-order valence-corrected chi connectivity index (χ4v) is 7.57. The number of thiazole rings is 4. The van der Waals surface area contributed by atoms with Crippen molar-refractivity contribution in [3.8, 4) is 0 Å². The molecule has 296 valence electrons. The van der Waals surface area contributed by atoms with Gasteiger partial charge in [-0.25, -0.2) is 19.9 Å². The molecule has 0 saturated carbocycles. The molecular formula is C40H72N8S4. The largest absolute Gasteiger partial charge is 0.362 e. The zero-order chi connectivity index (χ0) is 39.9. The average molecular weight is 793 g/mol. The molecule has 1 atom stereocenters. The van der Waals surface area contributed by atoms with E-state index in [0.29, 0.717) is 12.1 Å². The summed E-state index contributed by atoms with van der Waals surface area (Å²) in [7, 11) is 0. The topological polar surface area (TPSA) is 99.7 Å². The van der Waals surface area contributed by atoms with Gasteiger partial charge in [0.15, 0.2) is 20.5 Å². The third kappa shape index (κ3) is 18.7. The van der Waals surface area contributed by atoms with Gasteiger partial charge in [-0.2, -0.15) is 0 Å². The van der Waals surface area contributed by atoms with Gasteiger partial charge in [-0.05, 0) is 62.2 Å². The van der Waals surface area contributed by atoms with Crippen LogP contribution in [-0.2, 0) is 21.7 Å². The molecule has 0 aliphatic rings. The molecule has 8 nitrogen and oxygen atoms in total. The van der Waals surface area contributed by atoms with Crippen LogP contribution in [0.15, 0.2) is 24.8 Å². The van der Waals surface area contributed by atoms with Gasteiger partial charge in [-0.15, -0.1) is 45.3 Å². The van der Waals surface area contributed by atoms with Crippen molar-refractivity contribution in [3.05, 3.63) is 44.3 Å². The summed E-state index contributed by atoms with van der Waals surface area (Å²) in [5.74, 6) is 0. The number of rotatable bonds is 10. The Balaban J connectivity index is 0.000000347. The molecule has 0 aliphatic heterocycles. The summed E-state index contributed by atoms with van der Waals surface area (Å²) in [6.45, 7) is 41.3. The highest BCUT2D eigenvalue weighted by atomic mass is 32.1. The third-order valence-electron chi connectivity index (χ3n) is 7.23. The Morgan fingerprint density at radius 2 is 0.827 bits per heavy atom. The van der Waals surface area contributed by atoms with Gasteiger partial charge in [0.1, 0.15) is 0 Å². The first-order chi connectivity index (χ1) is 23.9. The summed E-state index contributed by atoms with van der Waals surface area (Å²) >= 11 is 7.01. The van der Waals surface area contributed by atoms with Crippen molar-refractivity contribution < 1.29 is 0 Å². The van der Waals surface area contributed by atoms with Crippen LogP contribution in [0.25, 0.3) is 0 Å². The smallest absolute Gasteiger partial charge is 0.183 e. The Kier molecular flexibility index (Phi) is 19.8. The van der Waals surface area contributed by atoms with Gasteiger partial charge in [-0.3, -0.25) is 0 Å². The SMILES string of the molecule is CC(C)Nc1ncc(C(C)(C)C)s1.CCCNc1ncc(C(C)(C)C)s1.CCNc1ncc(C(C)(C)C)s1.CC[C@@H](C)Nc1ncc(C(C)(C)C)s1. The lowest BCUT2D eigenvalue weighted by Crippen LogP contribution is -2.12. The Morgan fingerprint density at radius 3 is 1.12 bits per heavy atom. The molecule has 0 bridgehead atoms. The normalized spacial score (nSPS) is 12.4. The first-order valence-corrected chi connectivity index (χ1v) is 22.0. The minimum atomic E-state index is 0.215. The van der Waals surface area contributed by atoms with Crippen molar-refractivity contribution in [2.24, 2.45) is 0 Å². The summed E-state index contributed by atoms with van der Waals surface area (Å²) in [6.07, 6.45) is 10.2. The van der Waals surface area contributed by atoms with E-state index in [9.17, 15) is 0 Å². The summed E-state index contributed by atoms with van der Waals surface area (Å²) in [5.41, 5.74) is 0.886. The molecule has 4 heterocycles. The molecular weight excluding hydrogens is 721 g/mol. The molecule has 4 aromatic rings. The van der Waals surface area contributed by atoms with Gasteiger partial charge < -0.3 is 21.3 Å². The van der Waals surface area contributed by atoms with Crippen LogP contribution in [0.1, 0.15) is 157 Å². The molecule has 0 saturated heterocycles. The summed E-state index contributed by atoms with van der Waals surface area (Å²) in [6, 6.07) is 0.966. The van der Waals surface area contributed by atoms with E-state index in [1.807, 2.05) is 24.8 Å². The summed E-state index contributed by atoms with van der Waals surface area (Å²) in [4.78, 5) is 22.7. The number of nitrogens with one attached hydrogen (secondary N) is 4. The second kappa shape index (κ2) is 21.6. The van der Waals surface area contributed by atoms with Crippen LogP contribution in [0, 0.1) is 0 Å². The van der Waals surface area contributed by atoms with Crippen molar-refractivity contribution in [2.75, 3.05) is 34.4 Å². The standard InChI is InChI=1S/C11H20N2S.2C10H18N2S.C9H16N2S/c1-6-8(2)13-10-12-7-9(14-10)11(3,4)5;1-7(2)12-9-11-6-8(13-9)10(3,4)5;1-5-6-11-9-12-7-8(13-9)10(2,3)4;1-5-10-8-11-6-7(12-8)9(2,3)4/h7-8H,6H2,1-5H3,(H,12,13);6-7H,1-5H3,(H,11,12);7H,5-6H2,1-4H3,(H,11,12);6H,5H2,1-4H3,(H,10,11)/t8-;;;/m1.../s1. The fourth-order valence-electron chi connectivity index (χ4n) is 3.72. The van der Waals surface area contributed by atoms with Crippen molar-refractivity contribution in [1.82, 2.24) is 19.9 Å². The maximum Gasteiger partial charge on any atom is 0.183 e. The molecule has 0 aromatic carbocycles. The van der Waals surface area contributed by atoms with E-state index in [1.54, 1.807) is 45.3 Å². The molecule has 52 heavy (non-hydrogen) atoms. The highest BCUT2D eigenvalue weighted by Gasteiger charge is 2.19. The van der Waals surface area contributed by atoms with Crippen molar-refractivity contribution >= 4 is 65.9 Å². The predicted octanol–water partition coefficient (Wildman–Crippen LogP) is 13.0. The lowest BCUT2D eigenvalue weighted by Gasteiger charge is -2.14. The predicted molar refractivity (Wildman–Crippen MR) is 238 cm³/mol. The Hall–Kier alpha value is -2.28. The molecule has 4 aromatic heterocycles. The van der Waals surface area contributed by atoms with Crippen molar-refractivity contribution in [2.45, 2.75) is 171 Å². The fraction of sp³-hybridized carbons (Fsp3) is 0.700. The van der Waals surface area contributed by atoms with E-state index in [2.05, 4.69) is 166 Å². The second-order valence-corrected chi connectivity index (χ2v) is 21.5. The molecule has 0 fully saturated rings. The summed E-state index contributed by atoms with van der Waals surface area (Å²) in [5, 5.41) is 17.3. The van der Waals surface area contributed by atoms with E-state index >= 15 is 0 Å². The number of hydrogen-bond donors (Lipinski definition) is 4. The maximum absolute atomic E-state index is 4.38. The minimum absolute atomic E-state index is 0.215. The van der Waals surface area contributed by atoms with E-state index < -0.39 is 0 Å². The first kappa shape index (κ1) is 47.7. The highest BCUT2D eigenvalue weighted by molar-refractivity contribution is 7.16. The van der Waals surface area contributed by atoms with Gasteiger partial charge in [0.05, 0.1) is 0 Å². The van der Waals surface area contributed by atoms with Gasteiger partial charge >= 0.3 is 0 Å². The summed E-state index contributed by atoms with van der Waals surface area (Å²) < 4.78 is 0. The van der Waals surface area contributed by atoms with E-state index in [4.69, 9.17) is 0 Å². The van der Waals surface area contributed by atoms with Crippen molar-refractivity contribution in [3.63, 3.8) is 0 Å². The van der Waals surface area contributed by atoms with Crippen LogP contribution in [-0.4, -0.2) is 45.1 Å². The third-order valence-corrected chi connectivity index (χ3v) is 12.7. The average Bonchev–Trinajstić information content (AvgIpc) is 3.83. The lowest BCUT2D eigenvalue weighted by molar-refractivity contribution is 0.602. The van der Waals surface area contributed by atoms with Crippen LogP contribution >= 0.6 is 45.3 Å². The first-order valence-electron chi connectivity index (χ1n) is 18.8. The van der Waals surface area contributed by atoms with E-state index in [1.165, 1.54) is 19.5 Å². The van der Waals surface area contributed by atoms with Crippen LogP contribution in [0.3, 0.4) is 0 Å². The van der Waals surface area contributed by atoms with Crippen LogP contribution < -0.4 is 21.3 Å². The molecule has 4 N–H and O–H groups in total. The van der Waals surface area contributed by atoms with Crippen LogP contribution in [0.2, 0.25) is 0 Å². The van der Waals surface area contributed by atoms with E-state index in [-0.39, 0.29) is 21.7 Å². The van der Waals surface area contributed by atoms with Gasteiger partial charge in [0.2, 0.25) is 0 Å². The Morgan fingerprint density at radius 1 is 0.500 bits per heavy atom. The monoisotopic (exact) mass is 792 g/mol. The number of aromatic nitrogens is 4. The zero-order valence-corrected chi connectivity index (χ0v) is 39.0.